The van der Waals surface area contributed by atoms with Gasteiger partial charge in [0.25, 0.3) is 0 Å². The molecule has 3 rings (SSSR count). The quantitative estimate of drug-likeness (QED) is 0.686. The largest absolute Gasteiger partial charge is 0.330 e. The van der Waals surface area contributed by atoms with Gasteiger partial charge in [0.1, 0.15) is 5.82 Å². The van der Waals surface area contributed by atoms with Gasteiger partial charge in [0.15, 0.2) is 4.77 Å². The Morgan fingerprint density at radius 1 is 1.21 bits per heavy atom. The third-order valence-corrected chi connectivity index (χ3v) is 3.54. The van der Waals surface area contributed by atoms with Gasteiger partial charge in [-0.05, 0) is 42.4 Å². The number of imidazole rings is 1. The summed E-state index contributed by atoms with van der Waals surface area (Å²) < 4.78 is 15.9. The third kappa shape index (κ3) is 1.98. The minimum Gasteiger partial charge on any atom is -0.330 e. The first kappa shape index (κ1) is 12.1. The van der Waals surface area contributed by atoms with Crippen molar-refractivity contribution >= 4 is 23.3 Å². The van der Waals surface area contributed by atoms with Crippen LogP contribution in [0, 0.1) is 10.6 Å². The summed E-state index contributed by atoms with van der Waals surface area (Å²) in [5, 5.41) is 0. The molecule has 1 heterocycles. The summed E-state index contributed by atoms with van der Waals surface area (Å²) in [4.78, 5) is 3.12. The van der Waals surface area contributed by atoms with E-state index in [2.05, 4.69) is 18.0 Å². The second-order valence-electron chi connectivity index (χ2n) is 4.41. The Morgan fingerprint density at radius 3 is 2.79 bits per heavy atom. The van der Waals surface area contributed by atoms with Crippen molar-refractivity contribution in [2.75, 3.05) is 0 Å². The predicted molar refractivity (Wildman–Crippen MR) is 77.8 cm³/mol. The van der Waals surface area contributed by atoms with Gasteiger partial charge in [0, 0.05) is 6.07 Å². The molecule has 0 radical (unpaired) electrons. The van der Waals surface area contributed by atoms with Crippen LogP contribution in [0.5, 0.6) is 0 Å². The SMILES string of the molecule is CCc1ccccc1-n1c(=S)[nH]c2ccc(F)cc21. The van der Waals surface area contributed by atoms with E-state index in [-0.39, 0.29) is 5.82 Å². The highest BCUT2D eigenvalue weighted by molar-refractivity contribution is 7.71. The number of aryl methyl sites for hydroxylation is 1. The van der Waals surface area contributed by atoms with E-state index in [0.29, 0.717) is 4.77 Å². The van der Waals surface area contributed by atoms with Crippen molar-refractivity contribution < 1.29 is 4.39 Å². The molecular formula is C15H13FN2S. The van der Waals surface area contributed by atoms with Crippen molar-refractivity contribution in [2.45, 2.75) is 13.3 Å². The van der Waals surface area contributed by atoms with Crippen LogP contribution in [0.2, 0.25) is 0 Å². The molecule has 96 valence electrons. The normalized spacial score (nSPS) is 11.1. The molecule has 1 aromatic heterocycles. The van der Waals surface area contributed by atoms with E-state index < -0.39 is 0 Å². The molecule has 0 amide bonds. The van der Waals surface area contributed by atoms with Crippen molar-refractivity contribution in [1.29, 1.82) is 0 Å². The zero-order valence-corrected chi connectivity index (χ0v) is 11.3. The molecular weight excluding hydrogens is 259 g/mol. The third-order valence-electron chi connectivity index (χ3n) is 3.26. The number of nitrogens with zero attached hydrogens (tertiary/aromatic N) is 1. The second-order valence-corrected chi connectivity index (χ2v) is 4.80. The van der Waals surface area contributed by atoms with Gasteiger partial charge in [-0.15, -0.1) is 0 Å². The molecule has 1 N–H and O–H groups in total. The van der Waals surface area contributed by atoms with E-state index in [0.717, 1.165) is 23.1 Å². The molecule has 2 nitrogen and oxygen atoms in total. The summed E-state index contributed by atoms with van der Waals surface area (Å²) in [6.07, 6.45) is 0.903. The first-order valence-corrected chi connectivity index (χ1v) is 6.60. The van der Waals surface area contributed by atoms with Crippen LogP contribution in [-0.4, -0.2) is 9.55 Å². The van der Waals surface area contributed by atoms with Crippen LogP contribution in [0.3, 0.4) is 0 Å². The maximum absolute atomic E-state index is 13.5. The molecule has 3 aromatic rings. The van der Waals surface area contributed by atoms with E-state index in [4.69, 9.17) is 12.2 Å². The minimum absolute atomic E-state index is 0.260. The van der Waals surface area contributed by atoms with E-state index >= 15 is 0 Å². The Bertz CT molecular complexity index is 801. The van der Waals surface area contributed by atoms with Crippen molar-refractivity contribution in [3.8, 4) is 5.69 Å². The summed E-state index contributed by atoms with van der Waals surface area (Å²) >= 11 is 5.37. The highest BCUT2D eigenvalue weighted by Crippen LogP contribution is 2.23. The number of aromatic amines is 1. The lowest BCUT2D eigenvalue weighted by molar-refractivity contribution is 0.629. The van der Waals surface area contributed by atoms with Gasteiger partial charge < -0.3 is 4.98 Å². The van der Waals surface area contributed by atoms with Gasteiger partial charge in [-0.3, -0.25) is 4.57 Å². The van der Waals surface area contributed by atoms with Crippen molar-refractivity contribution in [2.24, 2.45) is 0 Å². The van der Waals surface area contributed by atoms with Gasteiger partial charge in [-0.1, -0.05) is 25.1 Å². The van der Waals surface area contributed by atoms with Crippen LogP contribution in [-0.2, 0) is 6.42 Å². The van der Waals surface area contributed by atoms with E-state index in [1.807, 2.05) is 22.8 Å². The fourth-order valence-corrected chi connectivity index (χ4v) is 2.65. The number of hydrogen-bond acceptors (Lipinski definition) is 1. The fourth-order valence-electron chi connectivity index (χ4n) is 2.34. The molecule has 0 atom stereocenters. The Labute approximate surface area is 115 Å². The first-order chi connectivity index (χ1) is 9.20. The van der Waals surface area contributed by atoms with Crippen LogP contribution in [0.25, 0.3) is 16.7 Å². The lowest BCUT2D eigenvalue weighted by atomic mass is 10.1. The number of para-hydroxylation sites is 1. The predicted octanol–water partition coefficient (Wildman–Crippen LogP) is 4.39. The topological polar surface area (TPSA) is 20.7 Å². The number of benzene rings is 2. The number of hydrogen-bond donors (Lipinski definition) is 1. The summed E-state index contributed by atoms with van der Waals surface area (Å²) in [6, 6.07) is 12.7. The van der Waals surface area contributed by atoms with Crippen molar-refractivity contribution in [1.82, 2.24) is 9.55 Å². The highest BCUT2D eigenvalue weighted by atomic mass is 32.1. The van der Waals surface area contributed by atoms with Crippen LogP contribution in [0.15, 0.2) is 42.5 Å². The average molecular weight is 272 g/mol. The highest BCUT2D eigenvalue weighted by Gasteiger charge is 2.10. The first-order valence-electron chi connectivity index (χ1n) is 6.19. The molecule has 4 heteroatoms. The Hall–Kier alpha value is -1.94. The Morgan fingerprint density at radius 2 is 2.00 bits per heavy atom. The molecule has 0 fully saturated rings. The lowest BCUT2D eigenvalue weighted by Gasteiger charge is -2.09. The van der Waals surface area contributed by atoms with Crippen LogP contribution in [0.4, 0.5) is 4.39 Å². The molecule has 0 aliphatic carbocycles. The van der Waals surface area contributed by atoms with Crippen LogP contribution < -0.4 is 0 Å². The summed E-state index contributed by atoms with van der Waals surface area (Å²) in [6.45, 7) is 2.10. The zero-order valence-electron chi connectivity index (χ0n) is 10.5. The zero-order chi connectivity index (χ0) is 13.4. The Kier molecular flexibility index (Phi) is 2.95. The number of H-pyrrole nitrogens is 1. The summed E-state index contributed by atoms with van der Waals surface area (Å²) in [5.41, 5.74) is 3.80. The molecule has 2 aromatic carbocycles. The van der Waals surface area contributed by atoms with Gasteiger partial charge in [0.05, 0.1) is 16.7 Å². The number of rotatable bonds is 2. The molecule has 0 bridgehead atoms. The van der Waals surface area contributed by atoms with Gasteiger partial charge in [0.2, 0.25) is 0 Å². The maximum Gasteiger partial charge on any atom is 0.182 e. The monoisotopic (exact) mass is 272 g/mol. The fraction of sp³-hybridized carbons (Fsp3) is 0.133. The number of aromatic nitrogens is 2. The van der Waals surface area contributed by atoms with Crippen molar-refractivity contribution in [3.63, 3.8) is 0 Å². The minimum atomic E-state index is -0.260. The maximum atomic E-state index is 13.5. The molecule has 19 heavy (non-hydrogen) atoms. The van der Waals surface area contributed by atoms with Gasteiger partial charge in [-0.25, -0.2) is 4.39 Å². The van der Waals surface area contributed by atoms with Gasteiger partial charge >= 0.3 is 0 Å². The molecule has 0 aliphatic heterocycles. The molecule has 0 spiro atoms. The molecule has 0 unspecified atom stereocenters. The average Bonchev–Trinajstić information content (AvgIpc) is 2.74. The molecule has 0 saturated heterocycles. The number of nitrogens with one attached hydrogen (secondary N) is 1. The van der Waals surface area contributed by atoms with E-state index in [1.54, 1.807) is 6.07 Å². The molecule has 0 saturated carbocycles. The summed E-state index contributed by atoms with van der Waals surface area (Å²) in [7, 11) is 0. The van der Waals surface area contributed by atoms with Crippen LogP contribution in [0.1, 0.15) is 12.5 Å². The number of fused-ring (bicyclic) bond motifs is 1. The second kappa shape index (κ2) is 4.63. The van der Waals surface area contributed by atoms with E-state index in [1.165, 1.54) is 17.7 Å². The van der Waals surface area contributed by atoms with Gasteiger partial charge in [-0.2, -0.15) is 0 Å². The lowest BCUT2D eigenvalue weighted by Crippen LogP contribution is -1.98. The van der Waals surface area contributed by atoms with Crippen LogP contribution >= 0.6 is 12.2 Å². The Balaban J connectivity index is 2.39. The number of halogens is 1. The standard InChI is InChI=1S/C15H13FN2S/c1-2-10-5-3-4-6-13(10)18-14-9-11(16)7-8-12(14)17-15(18)19/h3-9H,2H2,1H3,(H,17,19). The van der Waals surface area contributed by atoms with Crippen molar-refractivity contribution in [3.05, 3.63) is 58.6 Å². The molecule has 0 aliphatic rings. The summed E-state index contributed by atoms with van der Waals surface area (Å²) in [5.74, 6) is -0.260. The van der Waals surface area contributed by atoms with E-state index in [9.17, 15) is 4.39 Å². The smallest absolute Gasteiger partial charge is 0.182 e.